The summed E-state index contributed by atoms with van der Waals surface area (Å²) in [6.07, 6.45) is 6.57. The zero-order valence-electron chi connectivity index (χ0n) is 12.8. The van der Waals surface area contributed by atoms with E-state index in [-0.39, 0.29) is 18.4 Å². The van der Waals surface area contributed by atoms with Gasteiger partial charge in [-0.3, -0.25) is 9.59 Å². The average Bonchev–Trinajstić information content (AvgIpc) is 2.96. The van der Waals surface area contributed by atoms with Crippen molar-refractivity contribution in [2.24, 2.45) is 0 Å². The molecule has 0 bridgehead atoms. The van der Waals surface area contributed by atoms with Crippen LogP contribution in [-0.4, -0.2) is 50.4 Å². The van der Waals surface area contributed by atoms with Crippen molar-refractivity contribution in [1.29, 1.82) is 0 Å². The molecule has 0 radical (unpaired) electrons. The van der Waals surface area contributed by atoms with Crippen molar-refractivity contribution >= 4 is 17.5 Å². The third-order valence-corrected chi connectivity index (χ3v) is 4.04. The SMILES string of the molecule is O=C(CN1CCCCC(O)C1=O)NCc1ccn2ccnc2c1. The summed E-state index contributed by atoms with van der Waals surface area (Å²) in [6.45, 7) is 0.887. The molecular formula is C16H20N4O3. The summed E-state index contributed by atoms with van der Waals surface area (Å²) < 4.78 is 1.89. The standard InChI is InChI=1S/C16H20N4O3/c21-13-3-1-2-6-20(16(13)23)11-15(22)18-10-12-4-7-19-8-5-17-14(19)9-12/h4-5,7-9,13,21H,1-3,6,10-11H2,(H,18,22). The fourth-order valence-corrected chi connectivity index (χ4v) is 2.73. The Morgan fingerprint density at radius 3 is 3.13 bits per heavy atom. The minimum atomic E-state index is -0.979. The number of hydrogen-bond acceptors (Lipinski definition) is 4. The van der Waals surface area contributed by atoms with Gasteiger partial charge >= 0.3 is 0 Å². The smallest absolute Gasteiger partial charge is 0.251 e. The van der Waals surface area contributed by atoms with Crippen LogP contribution in [0.3, 0.4) is 0 Å². The minimum absolute atomic E-state index is 0.0124. The molecule has 0 aromatic carbocycles. The molecule has 1 aliphatic heterocycles. The molecule has 2 N–H and O–H groups in total. The Kier molecular flexibility index (Phi) is 4.57. The molecule has 3 heterocycles. The van der Waals surface area contributed by atoms with Crippen molar-refractivity contribution < 1.29 is 14.7 Å². The Balaban J connectivity index is 1.55. The number of likely N-dealkylation sites (tertiary alicyclic amines) is 1. The van der Waals surface area contributed by atoms with Crippen LogP contribution in [-0.2, 0) is 16.1 Å². The van der Waals surface area contributed by atoms with Gasteiger partial charge in [-0.15, -0.1) is 0 Å². The van der Waals surface area contributed by atoms with E-state index >= 15 is 0 Å². The minimum Gasteiger partial charge on any atom is -0.383 e. The molecule has 7 nitrogen and oxygen atoms in total. The molecule has 1 aliphatic rings. The van der Waals surface area contributed by atoms with Crippen LogP contribution in [0.5, 0.6) is 0 Å². The van der Waals surface area contributed by atoms with Gasteiger partial charge in [-0.05, 0) is 37.0 Å². The van der Waals surface area contributed by atoms with E-state index in [1.54, 1.807) is 6.20 Å². The van der Waals surface area contributed by atoms with Crippen molar-refractivity contribution in [1.82, 2.24) is 19.6 Å². The van der Waals surface area contributed by atoms with Crippen LogP contribution < -0.4 is 5.32 Å². The van der Waals surface area contributed by atoms with E-state index in [9.17, 15) is 14.7 Å². The zero-order chi connectivity index (χ0) is 16.2. The number of aliphatic hydroxyl groups excluding tert-OH is 1. The quantitative estimate of drug-likeness (QED) is 0.851. The Hall–Kier alpha value is -2.41. The molecular weight excluding hydrogens is 296 g/mol. The molecule has 1 atom stereocenters. The second-order valence-corrected chi connectivity index (χ2v) is 5.78. The molecule has 0 aliphatic carbocycles. The number of carbonyl (C=O) groups is 2. The molecule has 1 fully saturated rings. The van der Waals surface area contributed by atoms with Crippen LogP contribution in [0.2, 0.25) is 0 Å². The van der Waals surface area contributed by atoms with Crippen LogP contribution in [0.1, 0.15) is 24.8 Å². The Labute approximate surface area is 133 Å². The van der Waals surface area contributed by atoms with Gasteiger partial charge in [0.1, 0.15) is 11.8 Å². The van der Waals surface area contributed by atoms with E-state index in [1.165, 1.54) is 4.90 Å². The highest BCUT2D eigenvalue weighted by molar-refractivity contribution is 5.87. The number of carbonyl (C=O) groups excluding carboxylic acids is 2. The average molecular weight is 316 g/mol. The summed E-state index contributed by atoms with van der Waals surface area (Å²) in [6, 6.07) is 3.82. The Bertz CT molecular complexity index is 712. The van der Waals surface area contributed by atoms with Crippen molar-refractivity contribution in [3.63, 3.8) is 0 Å². The second-order valence-electron chi connectivity index (χ2n) is 5.78. The monoisotopic (exact) mass is 316 g/mol. The van der Waals surface area contributed by atoms with E-state index in [0.717, 1.165) is 24.1 Å². The number of imidazole rings is 1. The number of rotatable bonds is 4. The van der Waals surface area contributed by atoms with Crippen molar-refractivity contribution in [2.45, 2.75) is 31.9 Å². The van der Waals surface area contributed by atoms with Crippen LogP contribution in [0.25, 0.3) is 5.65 Å². The number of nitrogens with one attached hydrogen (secondary N) is 1. The van der Waals surface area contributed by atoms with Crippen LogP contribution in [0.4, 0.5) is 0 Å². The first-order valence-corrected chi connectivity index (χ1v) is 7.78. The summed E-state index contributed by atoms with van der Waals surface area (Å²) in [5, 5.41) is 12.5. The maximum atomic E-state index is 12.1. The number of aliphatic hydroxyl groups is 1. The number of nitrogens with zero attached hydrogens (tertiary/aromatic N) is 3. The fourth-order valence-electron chi connectivity index (χ4n) is 2.73. The molecule has 1 unspecified atom stereocenters. The summed E-state index contributed by atoms with van der Waals surface area (Å²) in [5.74, 6) is -0.577. The lowest BCUT2D eigenvalue weighted by Crippen LogP contribution is -2.44. The van der Waals surface area contributed by atoms with Gasteiger partial charge in [0.05, 0.1) is 6.54 Å². The van der Waals surface area contributed by atoms with Crippen molar-refractivity contribution in [3.8, 4) is 0 Å². The van der Waals surface area contributed by atoms with Gasteiger partial charge in [0.15, 0.2) is 0 Å². The Morgan fingerprint density at radius 2 is 2.26 bits per heavy atom. The molecule has 0 saturated carbocycles. The fraction of sp³-hybridized carbons (Fsp3) is 0.438. The number of aromatic nitrogens is 2. The van der Waals surface area contributed by atoms with Crippen molar-refractivity contribution in [2.75, 3.05) is 13.1 Å². The molecule has 2 amide bonds. The summed E-state index contributed by atoms with van der Waals surface area (Å²) >= 11 is 0. The van der Waals surface area contributed by atoms with E-state index in [4.69, 9.17) is 0 Å². The molecule has 3 rings (SSSR count). The predicted molar refractivity (Wildman–Crippen MR) is 83.5 cm³/mol. The van der Waals surface area contributed by atoms with E-state index in [1.807, 2.05) is 28.9 Å². The topological polar surface area (TPSA) is 86.9 Å². The lowest BCUT2D eigenvalue weighted by Gasteiger charge is -2.21. The molecule has 7 heteroatoms. The second kappa shape index (κ2) is 6.78. The lowest BCUT2D eigenvalue weighted by molar-refractivity contribution is -0.142. The zero-order valence-corrected chi connectivity index (χ0v) is 12.8. The summed E-state index contributed by atoms with van der Waals surface area (Å²) in [4.78, 5) is 29.6. The first-order valence-electron chi connectivity index (χ1n) is 7.78. The van der Waals surface area contributed by atoms with Crippen molar-refractivity contribution in [3.05, 3.63) is 36.3 Å². The number of hydrogen-bond donors (Lipinski definition) is 2. The molecule has 23 heavy (non-hydrogen) atoms. The molecule has 2 aromatic heterocycles. The maximum absolute atomic E-state index is 12.1. The van der Waals surface area contributed by atoms with Crippen LogP contribution in [0.15, 0.2) is 30.7 Å². The highest BCUT2D eigenvalue weighted by Crippen LogP contribution is 2.11. The highest BCUT2D eigenvalue weighted by atomic mass is 16.3. The van der Waals surface area contributed by atoms with Gasteiger partial charge in [0.25, 0.3) is 5.91 Å². The predicted octanol–water partition coefficient (Wildman–Crippen LogP) is 0.324. The summed E-state index contributed by atoms with van der Waals surface area (Å²) in [5.41, 5.74) is 1.77. The van der Waals surface area contributed by atoms with Gasteiger partial charge in [0, 0.05) is 31.7 Å². The van der Waals surface area contributed by atoms with E-state index in [2.05, 4.69) is 10.3 Å². The van der Waals surface area contributed by atoms with Gasteiger partial charge in [-0.2, -0.15) is 0 Å². The third-order valence-electron chi connectivity index (χ3n) is 4.04. The lowest BCUT2D eigenvalue weighted by atomic mass is 10.2. The van der Waals surface area contributed by atoms with Crippen LogP contribution in [0, 0.1) is 0 Å². The van der Waals surface area contributed by atoms with Gasteiger partial charge in [-0.25, -0.2) is 4.98 Å². The third kappa shape index (κ3) is 3.68. The van der Waals surface area contributed by atoms with Crippen LogP contribution >= 0.6 is 0 Å². The Morgan fingerprint density at radius 1 is 1.39 bits per heavy atom. The van der Waals surface area contributed by atoms with Gasteiger partial charge in [0.2, 0.25) is 5.91 Å². The number of amides is 2. The van der Waals surface area contributed by atoms with Gasteiger partial charge < -0.3 is 19.7 Å². The van der Waals surface area contributed by atoms with Gasteiger partial charge in [-0.1, -0.05) is 0 Å². The maximum Gasteiger partial charge on any atom is 0.251 e. The normalized spacial score (nSPS) is 18.9. The largest absolute Gasteiger partial charge is 0.383 e. The molecule has 0 spiro atoms. The first-order chi connectivity index (χ1) is 11.1. The molecule has 1 saturated heterocycles. The van der Waals surface area contributed by atoms with E-state index < -0.39 is 6.10 Å². The number of fused-ring (bicyclic) bond motifs is 1. The summed E-state index contributed by atoms with van der Waals surface area (Å²) in [7, 11) is 0. The van der Waals surface area contributed by atoms with E-state index in [0.29, 0.717) is 19.5 Å². The molecule has 2 aromatic rings. The highest BCUT2D eigenvalue weighted by Gasteiger charge is 2.26. The molecule has 122 valence electrons. The number of pyridine rings is 1. The first kappa shape index (κ1) is 15.5.